The van der Waals surface area contributed by atoms with Crippen LogP contribution in [0.5, 0.6) is 0 Å². The van der Waals surface area contributed by atoms with Crippen LogP contribution in [0, 0.1) is 0 Å². The van der Waals surface area contributed by atoms with E-state index in [4.69, 9.17) is 5.11 Å². The van der Waals surface area contributed by atoms with E-state index in [2.05, 4.69) is 16.6 Å². The molecule has 0 aromatic carbocycles. The van der Waals surface area contributed by atoms with Crippen molar-refractivity contribution in [1.82, 2.24) is 5.32 Å². The molecule has 0 amide bonds. The first-order chi connectivity index (χ1) is 6.65. The zero-order valence-electron chi connectivity index (χ0n) is 7.43. The van der Waals surface area contributed by atoms with Crippen LogP contribution in [0.2, 0.25) is 0 Å². The van der Waals surface area contributed by atoms with E-state index >= 15 is 0 Å². The second-order valence-electron chi connectivity index (χ2n) is 2.64. The molecule has 0 fully saturated rings. The van der Waals surface area contributed by atoms with Crippen molar-refractivity contribution in [1.29, 1.82) is 0 Å². The average Bonchev–Trinajstić information content (AvgIpc) is 2.16. The van der Waals surface area contributed by atoms with Crippen LogP contribution >= 0.6 is 0 Å². The molecule has 1 heterocycles. The molecule has 1 atom stereocenters. The summed E-state index contributed by atoms with van der Waals surface area (Å²) >= 11 is 0. The van der Waals surface area contributed by atoms with Gasteiger partial charge in [0, 0.05) is 6.42 Å². The molecule has 0 saturated heterocycles. The number of carbonyl (C=O) groups is 1. The van der Waals surface area contributed by atoms with Crippen LogP contribution < -0.4 is 5.32 Å². The first kappa shape index (κ1) is 10.3. The summed E-state index contributed by atoms with van der Waals surface area (Å²) in [5.74, 6) is 0.187. The Morgan fingerprint density at radius 1 is 1.79 bits per heavy atom. The molecule has 1 aliphatic rings. The van der Waals surface area contributed by atoms with Gasteiger partial charge in [-0.1, -0.05) is 12.2 Å². The fraction of sp³-hybridized carbons (Fsp3) is 0.222. The Hall–Kier alpha value is -1.75. The minimum absolute atomic E-state index is 0.187. The van der Waals surface area contributed by atoms with E-state index in [0.717, 1.165) is 0 Å². The SMILES string of the molecule is C=CC(O)C1=C(OC(=O)O)CC=CN1. The molecule has 1 unspecified atom stereocenters. The third-order valence-electron chi connectivity index (χ3n) is 1.69. The largest absolute Gasteiger partial charge is 0.511 e. The van der Waals surface area contributed by atoms with E-state index in [1.165, 1.54) is 6.08 Å². The Kier molecular flexibility index (Phi) is 3.30. The van der Waals surface area contributed by atoms with Crippen LogP contribution in [0.15, 0.2) is 36.4 Å². The van der Waals surface area contributed by atoms with Crippen LogP contribution in [0.3, 0.4) is 0 Å². The number of aliphatic hydroxyl groups excluding tert-OH is 1. The Balaban J connectivity index is 2.85. The van der Waals surface area contributed by atoms with Crippen molar-refractivity contribution >= 4 is 6.16 Å². The van der Waals surface area contributed by atoms with Crippen molar-refractivity contribution in [3.05, 3.63) is 36.4 Å². The van der Waals surface area contributed by atoms with Gasteiger partial charge in [0.1, 0.15) is 11.9 Å². The normalized spacial score (nSPS) is 17.2. The number of ether oxygens (including phenoxy) is 1. The van der Waals surface area contributed by atoms with Gasteiger partial charge in [-0.15, -0.1) is 6.58 Å². The van der Waals surface area contributed by atoms with E-state index in [0.29, 0.717) is 12.1 Å². The van der Waals surface area contributed by atoms with Gasteiger partial charge in [0.25, 0.3) is 0 Å². The molecule has 0 aliphatic carbocycles. The monoisotopic (exact) mass is 197 g/mol. The maximum atomic E-state index is 10.3. The van der Waals surface area contributed by atoms with Crippen molar-refractivity contribution in [2.75, 3.05) is 0 Å². The lowest BCUT2D eigenvalue weighted by molar-refractivity contribution is 0.113. The molecule has 0 saturated carbocycles. The van der Waals surface area contributed by atoms with E-state index in [1.807, 2.05) is 0 Å². The predicted octanol–water partition coefficient (Wildman–Crippen LogP) is 0.946. The second-order valence-corrected chi connectivity index (χ2v) is 2.64. The third kappa shape index (κ3) is 2.37. The van der Waals surface area contributed by atoms with E-state index in [-0.39, 0.29) is 5.76 Å². The zero-order chi connectivity index (χ0) is 10.6. The molecular formula is C9H11NO4. The number of nitrogens with one attached hydrogen (secondary N) is 1. The van der Waals surface area contributed by atoms with Crippen LogP contribution in [0.1, 0.15) is 6.42 Å². The minimum Gasteiger partial charge on any atom is -0.449 e. The lowest BCUT2D eigenvalue weighted by atomic mass is 10.1. The highest BCUT2D eigenvalue weighted by Gasteiger charge is 2.17. The summed E-state index contributed by atoms with van der Waals surface area (Å²) < 4.78 is 4.50. The molecule has 1 rings (SSSR count). The van der Waals surface area contributed by atoms with Gasteiger partial charge in [0.15, 0.2) is 0 Å². The molecule has 0 bridgehead atoms. The number of aliphatic hydroxyl groups is 1. The van der Waals surface area contributed by atoms with Crippen molar-refractivity contribution in [3.63, 3.8) is 0 Å². The van der Waals surface area contributed by atoms with Crippen LogP contribution in [-0.4, -0.2) is 22.5 Å². The van der Waals surface area contributed by atoms with Crippen molar-refractivity contribution in [3.8, 4) is 0 Å². The maximum Gasteiger partial charge on any atom is 0.511 e. The topological polar surface area (TPSA) is 78.8 Å². The van der Waals surface area contributed by atoms with E-state index in [1.54, 1.807) is 12.3 Å². The van der Waals surface area contributed by atoms with Crippen LogP contribution in [0.4, 0.5) is 4.79 Å². The molecule has 0 aromatic rings. The summed E-state index contributed by atoms with van der Waals surface area (Å²) in [7, 11) is 0. The number of rotatable bonds is 3. The van der Waals surface area contributed by atoms with Crippen molar-refractivity contribution in [2.24, 2.45) is 0 Å². The molecule has 0 radical (unpaired) electrons. The summed E-state index contributed by atoms with van der Waals surface area (Å²) in [6.07, 6.45) is 2.57. The van der Waals surface area contributed by atoms with E-state index < -0.39 is 12.3 Å². The third-order valence-corrected chi connectivity index (χ3v) is 1.69. The quantitative estimate of drug-likeness (QED) is 0.463. The molecule has 0 aromatic heterocycles. The lowest BCUT2D eigenvalue weighted by Gasteiger charge is -2.18. The number of carboxylic acid groups (broad SMARTS) is 1. The first-order valence-corrected chi connectivity index (χ1v) is 4.01. The molecule has 1 aliphatic heterocycles. The van der Waals surface area contributed by atoms with Gasteiger partial charge in [0.2, 0.25) is 0 Å². The Morgan fingerprint density at radius 2 is 2.50 bits per heavy atom. The summed E-state index contributed by atoms with van der Waals surface area (Å²) in [6, 6.07) is 0. The number of hydrogen-bond donors (Lipinski definition) is 3. The predicted molar refractivity (Wildman–Crippen MR) is 49.2 cm³/mol. The van der Waals surface area contributed by atoms with Crippen LogP contribution in [0.25, 0.3) is 0 Å². The summed E-state index contributed by atoms with van der Waals surface area (Å²) in [5.41, 5.74) is 0.310. The highest BCUT2D eigenvalue weighted by Crippen LogP contribution is 2.17. The fourth-order valence-electron chi connectivity index (χ4n) is 1.08. The van der Waals surface area contributed by atoms with Crippen molar-refractivity contribution < 1.29 is 19.7 Å². The molecule has 3 N–H and O–H groups in total. The Morgan fingerprint density at radius 3 is 3.07 bits per heavy atom. The van der Waals surface area contributed by atoms with Gasteiger partial charge >= 0.3 is 6.16 Å². The van der Waals surface area contributed by atoms with Gasteiger partial charge < -0.3 is 20.3 Å². The molecule has 14 heavy (non-hydrogen) atoms. The molecule has 0 spiro atoms. The Bertz CT molecular complexity index is 306. The number of hydrogen-bond acceptors (Lipinski definition) is 4. The number of allylic oxidation sites excluding steroid dienone is 1. The van der Waals surface area contributed by atoms with Crippen LogP contribution in [-0.2, 0) is 4.74 Å². The minimum atomic E-state index is -1.40. The molecular weight excluding hydrogens is 186 g/mol. The van der Waals surface area contributed by atoms with E-state index in [9.17, 15) is 9.90 Å². The standard InChI is InChI=1S/C9H11NO4/c1-2-6(11)8-7(14-9(12)13)4-3-5-10-8/h2-3,5-6,10-11H,1,4H2,(H,12,13). The smallest absolute Gasteiger partial charge is 0.449 e. The van der Waals surface area contributed by atoms with Crippen molar-refractivity contribution in [2.45, 2.75) is 12.5 Å². The summed E-state index contributed by atoms with van der Waals surface area (Å²) in [6.45, 7) is 3.40. The van der Waals surface area contributed by atoms with Gasteiger partial charge in [-0.25, -0.2) is 4.79 Å². The Labute approximate surface area is 81.0 Å². The molecule has 5 heteroatoms. The highest BCUT2D eigenvalue weighted by atomic mass is 16.7. The van der Waals surface area contributed by atoms with Gasteiger partial charge in [0.05, 0.1) is 5.70 Å². The van der Waals surface area contributed by atoms with Gasteiger partial charge in [-0.2, -0.15) is 0 Å². The lowest BCUT2D eigenvalue weighted by Crippen LogP contribution is -2.24. The summed E-state index contributed by atoms with van der Waals surface area (Å²) in [4.78, 5) is 10.3. The maximum absolute atomic E-state index is 10.3. The van der Waals surface area contributed by atoms with Gasteiger partial charge in [-0.3, -0.25) is 0 Å². The highest BCUT2D eigenvalue weighted by molar-refractivity contribution is 5.59. The first-order valence-electron chi connectivity index (χ1n) is 4.01. The summed E-state index contributed by atoms with van der Waals surface area (Å²) in [5, 5.41) is 20.6. The van der Waals surface area contributed by atoms with Gasteiger partial charge in [-0.05, 0) is 6.20 Å². The second kappa shape index (κ2) is 4.48. The molecule has 76 valence electrons. The number of dihydropyridines is 1. The zero-order valence-corrected chi connectivity index (χ0v) is 7.43. The molecule has 5 nitrogen and oxygen atoms in total. The fourth-order valence-corrected chi connectivity index (χ4v) is 1.08. The average molecular weight is 197 g/mol.